The largest absolute Gasteiger partial charge is 0.324 e. The topological polar surface area (TPSA) is 41.5 Å². The second-order valence-electron chi connectivity index (χ2n) is 4.00. The van der Waals surface area contributed by atoms with E-state index in [4.69, 9.17) is 0 Å². The van der Waals surface area contributed by atoms with Gasteiger partial charge in [-0.1, -0.05) is 19.9 Å². The minimum atomic E-state index is -0.0188. The first-order chi connectivity index (χ1) is 6.07. The summed E-state index contributed by atoms with van der Waals surface area (Å²) in [5, 5.41) is 2.77. The molecule has 0 unspecified atom stereocenters. The zero-order valence-corrected chi connectivity index (χ0v) is 7.79. The third kappa shape index (κ3) is 1.54. The van der Waals surface area contributed by atoms with E-state index in [-0.39, 0.29) is 11.3 Å². The lowest BCUT2D eigenvalue weighted by atomic mass is 9.95. The smallest absolute Gasteiger partial charge is 0.230 e. The van der Waals surface area contributed by atoms with Gasteiger partial charge in [-0.3, -0.25) is 9.79 Å². The van der Waals surface area contributed by atoms with Gasteiger partial charge in [0.05, 0.1) is 17.8 Å². The Kier molecular flexibility index (Phi) is 1.62. The molecule has 0 aromatic carbocycles. The van der Waals surface area contributed by atoms with Crippen molar-refractivity contribution in [2.45, 2.75) is 20.3 Å². The molecule has 0 aliphatic carbocycles. The summed E-state index contributed by atoms with van der Waals surface area (Å²) in [5.41, 5.74) is 1.69. The summed E-state index contributed by atoms with van der Waals surface area (Å²) in [4.78, 5) is 15.3. The summed E-state index contributed by atoms with van der Waals surface area (Å²) in [6, 6.07) is 0. The van der Waals surface area contributed by atoms with E-state index in [1.807, 2.05) is 18.4 Å². The highest BCUT2D eigenvalue weighted by atomic mass is 16.1. The molecule has 3 nitrogen and oxygen atoms in total. The lowest BCUT2D eigenvalue weighted by Crippen LogP contribution is -2.14. The number of aliphatic imine (C=N–C) groups is 1. The summed E-state index contributed by atoms with van der Waals surface area (Å²) in [7, 11) is 0. The molecule has 0 atom stereocenters. The van der Waals surface area contributed by atoms with Crippen LogP contribution < -0.4 is 5.32 Å². The van der Waals surface area contributed by atoms with Gasteiger partial charge in [-0.15, -0.1) is 0 Å². The van der Waals surface area contributed by atoms with Gasteiger partial charge in [0.15, 0.2) is 0 Å². The first kappa shape index (κ1) is 8.23. The van der Waals surface area contributed by atoms with E-state index in [0.717, 1.165) is 11.4 Å². The predicted octanol–water partition coefficient (Wildman–Crippen LogP) is 1.38. The fraction of sp³-hybridized carbons (Fsp3) is 0.400. The number of carbonyl (C=O) groups is 1. The van der Waals surface area contributed by atoms with Gasteiger partial charge in [-0.2, -0.15) is 0 Å². The van der Waals surface area contributed by atoms with Gasteiger partial charge >= 0.3 is 0 Å². The number of allylic oxidation sites excluding steroid dienone is 2. The van der Waals surface area contributed by atoms with Crippen LogP contribution in [0.3, 0.4) is 0 Å². The van der Waals surface area contributed by atoms with Crippen molar-refractivity contribution in [2.75, 3.05) is 0 Å². The lowest BCUT2D eigenvalue weighted by Gasteiger charge is -2.11. The van der Waals surface area contributed by atoms with Crippen LogP contribution in [0, 0.1) is 5.41 Å². The number of nitrogens with zero attached hydrogens (tertiary/aromatic N) is 1. The van der Waals surface area contributed by atoms with Gasteiger partial charge in [0, 0.05) is 11.6 Å². The minimum Gasteiger partial charge on any atom is -0.324 e. The van der Waals surface area contributed by atoms with Gasteiger partial charge in [0.2, 0.25) is 5.91 Å². The maximum atomic E-state index is 11.0. The normalized spacial score (nSPS) is 24.3. The summed E-state index contributed by atoms with van der Waals surface area (Å²) >= 11 is 0. The van der Waals surface area contributed by atoms with E-state index in [1.165, 1.54) is 0 Å². The van der Waals surface area contributed by atoms with Gasteiger partial charge < -0.3 is 5.32 Å². The number of rotatable bonds is 0. The molecule has 1 N–H and O–H groups in total. The highest BCUT2D eigenvalue weighted by Gasteiger charge is 2.22. The Bertz CT molecular complexity index is 318. The van der Waals surface area contributed by atoms with Crippen LogP contribution in [-0.4, -0.2) is 12.1 Å². The molecule has 2 heterocycles. The van der Waals surface area contributed by atoms with Crippen LogP contribution in [0.15, 0.2) is 28.5 Å². The average Bonchev–Trinajstić information content (AvgIpc) is 2.34. The van der Waals surface area contributed by atoms with E-state index in [9.17, 15) is 4.79 Å². The molecule has 13 heavy (non-hydrogen) atoms. The predicted molar refractivity (Wildman–Crippen MR) is 51.2 cm³/mol. The quantitative estimate of drug-likeness (QED) is 0.595. The molecular formula is C10H12N2O. The Morgan fingerprint density at radius 2 is 2.31 bits per heavy atom. The molecular weight excluding hydrogens is 164 g/mol. The second kappa shape index (κ2) is 2.55. The van der Waals surface area contributed by atoms with Crippen LogP contribution in [0.25, 0.3) is 0 Å². The number of amides is 1. The zero-order valence-electron chi connectivity index (χ0n) is 7.79. The fourth-order valence-electron chi connectivity index (χ4n) is 1.35. The highest BCUT2D eigenvalue weighted by molar-refractivity contribution is 5.86. The Morgan fingerprint density at radius 1 is 1.54 bits per heavy atom. The van der Waals surface area contributed by atoms with Crippen LogP contribution in [0.1, 0.15) is 20.3 Å². The van der Waals surface area contributed by atoms with Gasteiger partial charge in [0.1, 0.15) is 0 Å². The van der Waals surface area contributed by atoms with Crippen molar-refractivity contribution in [3.05, 3.63) is 23.5 Å². The molecule has 0 spiro atoms. The van der Waals surface area contributed by atoms with Crippen molar-refractivity contribution in [1.29, 1.82) is 0 Å². The standard InChI is InChI=1S/C10H12N2O/c1-10(2)4-3-7-8(11-6-10)5-9(13)12-7/h3-4,6H,5H2,1-2H3,(H,12,13). The van der Waals surface area contributed by atoms with Gasteiger partial charge in [-0.05, 0) is 6.08 Å². The van der Waals surface area contributed by atoms with Crippen LogP contribution in [0.4, 0.5) is 0 Å². The molecule has 0 saturated heterocycles. The van der Waals surface area contributed by atoms with Crippen LogP contribution >= 0.6 is 0 Å². The molecule has 1 amide bonds. The van der Waals surface area contributed by atoms with Crippen LogP contribution in [0.2, 0.25) is 0 Å². The highest BCUT2D eigenvalue weighted by Crippen LogP contribution is 2.24. The van der Waals surface area contributed by atoms with E-state index in [2.05, 4.69) is 24.2 Å². The minimum absolute atomic E-state index is 0.0188. The summed E-state index contributed by atoms with van der Waals surface area (Å²) in [5.74, 6) is 0.0338. The molecule has 2 aliphatic heterocycles. The van der Waals surface area contributed by atoms with Crippen LogP contribution in [0.5, 0.6) is 0 Å². The molecule has 0 aromatic heterocycles. The van der Waals surface area contributed by atoms with Gasteiger partial charge in [-0.25, -0.2) is 0 Å². The Hall–Kier alpha value is -1.38. The molecule has 0 radical (unpaired) electrons. The van der Waals surface area contributed by atoms with E-state index in [1.54, 1.807) is 0 Å². The maximum absolute atomic E-state index is 11.0. The summed E-state index contributed by atoms with van der Waals surface area (Å²) < 4.78 is 0. The molecule has 68 valence electrons. The molecule has 0 fully saturated rings. The Balaban J connectivity index is 2.34. The third-order valence-corrected chi connectivity index (χ3v) is 2.15. The second-order valence-corrected chi connectivity index (χ2v) is 4.00. The molecule has 0 bridgehead atoms. The summed E-state index contributed by atoms with van der Waals surface area (Å²) in [6.45, 7) is 4.16. The maximum Gasteiger partial charge on any atom is 0.230 e. The Labute approximate surface area is 77.2 Å². The van der Waals surface area contributed by atoms with E-state index >= 15 is 0 Å². The first-order valence-electron chi connectivity index (χ1n) is 4.34. The fourth-order valence-corrected chi connectivity index (χ4v) is 1.35. The molecule has 0 aromatic rings. The van der Waals surface area contributed by atoms with Crippen molar-refractivity contribution in [1.82, 2.24) is 5.32 Å². The molecule has 0 saturated carbocycles. The zero-order chi connectivity index (χ0) is 9.47. The van der Waals surface area contributed by atoms with Crippen molar-refractivity contribution >= 4 is 12.1 Å². The molecule has 2 aliphatic rings. The number of hydrogen-bond acceptors (Lipinski definition) is 2. The molecule has 3 heteroatoms. The van der Waals surface area contributed by atoms with Crippen molar-refractivity contribution in [3.63, 3.8) is 0 Å². The van der Waals surface area contributed by atoms with Crippen molar-refractivity contribution < 1.29 is 4.79 Å². The summed E-state index contributed by atoms with van der Waals surface area (Å²) in [6.07, 6.45) is 6.27. The first-order valence-corrected chi connectivity index (χ1v) is 4.34. The van der Waals surface area contributed by atoms with E-state index < -0.39 is 0 Å². The Morgan fingerprint density at radius 3 is 3.08 bits per heavy atom. The van der Waals surface area contributed by atoms with Crippen LogP contribution in [-0.2, 0) is 4.79 Å². The van der Waals surface area contributed by atoms with Gasteiger partial charge in [0.25, 0.3) is 0 Å². The third-order valence-electron chi connectivity index (χ3n) is 2.15. The number of nitrogens with one attached hydrogen (secondary N) is 1. The molecule has 2 rings (SSSR count). The van der Waals surface area contributed by atoms with E-state index in [0.29, 0.717) is 6.42 Å². The van der Waals surface area contributed by atoms with Crippen molar-refractivity contribution in [3.8, 4) is 0 Å². The SMILES string of the molecule is CC1(C)C=CC2=C(CC(=O)N2)N=C1. The lowest BCUT2D eigenvalue weighted by molar-refractivity contribution is -0.118. The number of carbonyl (C=O) groups excluding carboxylic acids is 1. The number of hydrogen-bond donors (Lipinski definition) is 1. The average molecular weight is 176 g/mol. The van der Waals surface area contributed by atoms with Crippen molar-refractivity contribution in [2.24, 2.45) is 10.4 Å². The monoisotopic (exact) mass is 176 g/mol.